The Morgan fingerprint density at radius 2 is 1.96 bits per heavy atom. The van der Waals surface area contributed by atoms with Crippen LogP contribution in [0.15, 0.2) is 42.6 Å². The molecular formula is C20H24N2O4S. The monoisotopic (exact) mass is 388 g/mol. The van der Waals surface area contributed by atoms with Crippen molar-refractivity contribution in [3.05, 3.63) is 59.4 Å². The van der Waals surface area contributed by atoms with Crippen LogP contribution in [-0.2, 0) is 17.6 Å². The summed E-state index contributed by atoms with van der Waals surface area (Å²) in [7, 11) is 1.53. The number of thioether (sulfide) groups is 1. The molecule has 2 rings (SSSR count). The first-order chi connectivity index (χ1) is 13.0. The third-order valence-electron chi connectivity index (χ3n) is 3.98. The van der Waals surface area contributed by atoms with Crippen LogP contribution in [0.5, 0.6) is 5.75 Å². The van der Waals surface area contributed by atoms with Crippen molar-refractivity contribution < 1.29 is 19.4 Å². The molecule has 2 atom stereocenters. The highest BCUT2D eigenvalue weighted by Crippen LogP contribution is 2.20. The van der Waals surface area contributed by atoms with Crippen molar-refractivity contribution in [2.45, 2.75) is 31.1 Å². The second-order valence-corrected chi connectivity index (χ2v) is 7.16. The lowest BCUT2D eigenvalue weighted by Crippen LogP contribution is -2.19. The highest BCUT2D eigenvalue weighted by molar-refractivity contribution is 8.14. The molecule has 0 aliphatic carbocycles. The van der Waals surface area contributed by atoms with Gasteiger partial charge >= 0.3 is 0 Å². The predicted molar refractivity (Wildman–Crippen MR) is 106 cm³/mol. The van der Waals surface area contributed by atoms with Crippen LogP contribution in [0.2, 0.25) is 0 Å². The summed E-state index contributed by atoms with van der Waals surface area (Å²) in [6, 6.07) is 11.0. The number of benzene rings is 1. The molecule has 6 nitrogen and oxygen atoms in total. The quantitative estimate of drug-likeness (QED) is 0.642. The zero-order valence-electron chi connectivity index (χ0n) is 15.4. The summed E-state index contributed by atoms with van der Waals surface area (Å²) in [6.07, 6.45) is 3.08. The van der Waals surface area contributed by atoms with Gasteiger partial charge in [-0.2, -0.15) is 0 Å². The zero-order chi connectivity index (χ0) is 19.6. The number of nitrogens with one attached hydrogen (secondary N) is 1. The average molecular weight is 388 g/mol. The van der Waals surface area contributed by atoms with E-state index in [1.807, 2.05) is 18.2 Å². The van der Waals surface area contributed by atoms with E-state index >= 15 is 0 Å². The van der Waals surface area contributed by atoms with Crippen molar-refractivity contribution in [3.63, 3.8) is 0 Å². The van der Waals surface area contributed by atoms with Gasteiger partial charge in [0.25, 0.3) is 5.24 Å². The number of aryl methyl sites for hydroxylation is 1. The van der Waals surface area contributed by atoms with Crippen molar-refractivity contribution in [2.75, 3.05) is 13.7 Å². The third kappa shape index (κ3) is 6.69. The topological polar surface area (TPSA) is 88.5 Å². The van der Waals surface area contributed by atoms with E-state index in [9.17, 15) is 14.7 Å². The molecule has 0 radical (unpaired) electrons. The maximum absolute atomic E-state index is 11.4. The van der Waals surface area contributed by atoms with Gasteiger partial charge in [0.05, 0.1) is 10.9 Å². The predicted octanol–water partition coefficient (Wildman–Crippen LogP) is 2.94. The Labute approximate surface area is 163 Å². The first-order valence-electron chi connectivity index (χ1n) is 8.74. The molecule has 0 aliphatic rings. The van der Waals surface area contributed by atoms with E-state index in [0.29, 0.717) is 17.9 Å². The summed E-state index contributed by atoms with van der Waals surface area (Å²) in [5.41, 5.74) is 2.61. The summed E-state index contributed by atoms with van der Waals surface area (Å²) >= 11 is 0.969. The van der Waals surface area contributed by atoms with Gasteiger partial charge in [0, 0.05) is 13.2 Å². The Hall–Kier alpha value is -2.38. The van der Waals surface area contributed by atoms with Crippen molar-refractivity contribution in [1.29, 1.82) is 0 Å². The molecule has 0 saturated heterocycles. The number of ether oxygens (including phenoxy) is 1. The van der Waals surface area contributed by atoms with Crippen LogP contribution >= 0.6 is 11.8 Å². The molecule has 0 saturated carbocycles. The normalized spacial score (nSPS) is 12.9. The molecule has 7 heteroatoms. The fraction of sp³-hybridized carbons (Fsp3) is 0.350. The first-order valence-corrected chi connectivity index (χ1v) is 9.62. The molecule has 0 spiro atoms. The number of amides is 1. The van der Waals surface area contributed by atoms with Crippen LogP contribution in [0.1, 0.15) is 29.8 Å². The number of aromatic nitrogens is 1. The molecule has 2 N–H and O–H groups in total. The Morgan fingerprint density at radius 3 is 2.52 bits per heavy atom. The Balaban J connectivity index is 1.87. The lowest BCUT2D eigenvalue weighted by atomic mass is 10.1. The van der Waals surface area contributed by atoms with E-state index in [1.165, 1.54) is 7.05 Å². The molecule has 1 amide bonds. The summed E-state index contributed by atoms with van der Waals surface area (Å²) in [5.74, 6) is 0.615. The number of hydrogen-bond donors (Lipinski definition) is 2. The summed E-state index contributed by atoms with van der Waals surface area (Å²) in [6.45, 7) is 2.15. The molecule has 0 fully saturated rings. The minimum atomic E-state index is -0.806. The number of carbonyl (C=O) groups excluding carboxylic acids is 2. The zero-order valence-corrected chi connectivity index (χ0v) is 16.2. The molecule has 1 heterocycles. The van der Waals surface area contributed by atoms with Crippen LogP contribution in [0, 0.1) is 0 Å². The molecule has 1 aromatic carbocycles. The molecule has 0 bridgehead atoms. The molecular weight excluding hydrogens is 364 g/mol. The van der Waals surface area contributed by atoms with Gasteiger partial charge in [-0.15, -0.1) is 0 Å². The maximum atomic E-state index is 11.4. The van der Waals surface area contributed by atoms with Gasteiger partial charge in [0.1, 0.15) is 24.7 Å². The number of hydrogen-bond acceptors (Lipinski definition) is 6. The first kappa shape index (κ1) is 20.9. The maximum Gasteiger partial charge on any atom is 0.279 e. The summed E-state index contributed by atoms with van der Waals surface area (Å²) in [4.78, 5) is 26.7. The summed E-state index contributed by atoms with van der Waals surface area (Å²) in [5, 5.41) is 12.0. The minimum Gasteiger partial charge on any atom is -0.490 e. The molecule has 2 aromatic rings. The second kappa shape index (κ2) is 10.7. The largest absolute Gasteiger partial charge is 0.490 e. The number of rotatable bonds is 9. The Kier molecular flexibility index (Phi) is 8.29. The Bertz CT molecular complexity index is 735. The lowest BCUT2D eigenvalue weighted by Gasteiger charge is -2.13. The smallest absolute Gasteiger partial charge is 0.279 e. The van der Waals surface area contributed by atoms with Gasteiger partial charge in [-0.05, 0) is 42.2 Å². The van der Waals surface area contributed by atoms with E-state index in [4.69, 9.17) is 4.74 Å². The van der Waals surface area contributed by atoms with Gasteiger partial charge in [0.2, 0.25) is 0 Å². The minimum absolute atomic E-state index is 0.0985. The van der Waals surface area contributed by atoms with Gasteiger partial charge in [-0.25, -0.2) is 0 Å². The molecule has 144 valence electrons. The van der Waals surface area contributed by atoms with Crippen molar-refractivity contribution in [3.8, 4) is 5.75 Å². The van der Waals surface area contributed by atoms with Crippen LogP contribution in [0.4, 0.5) is 4.79 Å². The number of nitrogens with zero attached hydrogens (tertiary/aromatic N) is 1. The Morgan fingerprint density at radius 1 is 1.26 bits per heavy atom. The van der Waals surface area contributed by atoms with Crippen molar-refractivity contribution >= 4 is 23.3 Å². The van der Waals surface area contributed by atoms with Crippen molar-refractivity contribution in [1.82, 2.24) is 10.3 Å². The van der Waals surface area contributed by atoms with E-state index in [-0.39, 0.29) is 11.8 Å². The summed E-state index contributed by atoms with van der Waals surface area (Å²) < 4.78 is 5.62. The van der Waals surface area contributed by atoms with Gasteiger partial charge in [-0.1, -0.05) is 36.9 Å². The van der Waals surface area contributed by atoms with Crippen LogP contribution in [0.3, 0.4) is 0 Å². The number of pyridine rings is 1. The highest BCUT2D eigenvalue weighted by Gasteiger charge is 2.14. The van der Waals surface area contributed by atoms with E-state index in [2.05, 4.69) is 17.2 Å². The van der Waals surface area contributed by atoms with Crippen molar-refractivity contribution in [2.24, 2.45) is 0 Å². The van der Waals surface area contributed by atoms with Gasteiger partial charge in [-0.3, -0.25) is 9.78 Å². The van der Waals surface area contributed by atoms with Crippen LogP contribution in [0.25, 0.3) is 0 Å². The van der Waals surface area contributed by atoms with Gasteiger partial charge < -0.3 is 20.0 Å². The third-order valence-corrected chi connectivity index (χ3v) is 4.98. The lowest BCUT2D eigenvalue weighted by molar-refractivity contribution is -0.107. The molecule has 1 aromatic heterocycles. The number of aliphatic hydroxyl groups excluding tert-OH is 1. The fourth-order valence-electron chi connectivity index (χ4n) is 2.37. The molecule has 27 heavy (non-hydrogen) atoms. The SMILES string of the molecule is CCc1ccc(C(O)COc2ccc(CC(C=O)SC(=O)NC)cc2)nc1. The average Bonchev–Trinajstić information content (AvgIpc) is 2.72. The highest BCUT2D eigenvalue weighted by atomic mass is 32.2. The van der Waals surface area contributed by atoms with E-state index in [0.717, 1.165) is 35.6 Å². The number of carbonyl (C=O) groups is 2. The van der Waals surface area contributed by atoms with E-state index < -0.39 is 11.4 Å². The molecule has 2 unspecified atom stereocenters. The molecule has 0 aliphatic heterocycles. The standard InChI is InChI=1S/C20H24N2O4S/c1-3-14-6-9-18(22-11-14)19(24)13-26-16-7-4-15(5-8-16)10-17(12-23)27-20(25)21-2/h4-9,11-12,17,19,24H,3,10,13H2,1-2H3,(H,21,25). The number of aliphatic hydroxyl groups is 1. The van der Waals surface area contributed by atoms with Gasteiger partial charge in [0.15, 0.2) is 0 Å². The fourth-order valence-corrected chi connectivity index (χ4v) is 3.09. The van der Waals surface area contributed by atoms with E-state index in [1.54, 1.807) is 24.4 Å². The van der Waals surface area contributed by atoms with Crippen LogP contribution < -0.4 is 10.1 Å². The van der Waals surface area contributed by atoms with Crippen LogP contribution in [-0.4, -0.2) is 40.5 Å². The second-order valence-electron chi connectivity index (χ2n) is 5.95. The number of aldehydes is 1.